The number of hydrogen-bond donors (Lipinski definition) is 2. The topological polar surface area (TPSA) is 42.5 Å². The van der Waals surface area contributed by atoms with Crippen molar-refractivity contribution in [1.82, 2.24) is 10.6 Å². The summed E-state index contributed by atoms with van der Waals surface area (Å²) in [6.07, 6.45) is 6.86. The van der Waals surface area contributed by atoms with E-state index >= 15 is 0 Å². The Balaban J connectivity index is 1.45. The minimum atomic E-state index is 0.610. The zero-order chi connectivity index (χ0) is 21.6. The molecule has 0 aliphatic rings. The second kappa shape index (κ2) is 14.5. The molecule has 2 aromatic rings. The molecule has 0 fully saturated rings. The highest BCUT2D eigenvalue weighted by atomic mass is 35.5. The fourth-order valence-corrected chi connectivity index (χ4v) is 3.79. The molecule has 0 saturated heterocycles. The van der Waals surface area contributed by atoms with Crippen LogP contribution in [-0.2, 0) is 12.8 Å². The molecule has 30 heavy (non-hydrogen) atoms. The number of halogens is 2. The van der Waals surface area contributed by atoms with Crippen molar-refractivity contribution in [2.75, 3.05) is 40.4 Å². The quantitative estimate of drug-likeness (QED) is 0.348. The second-order valence-corrected chi connectivity index (χ2v) is 8.13. The van der Waals surface area contributed by atoms with Crippen LogP contribution < -0.4 is 20.1 Å². The molecule has 0 atom stereocenters. The Hall–Kier alpha value is -1.46. The monoisotopic (exact) mass is 452 g/mol. The predicted octanol–water partition coefficient (Wildman–Crippen LogP) is 5.54. The maximum absolute atomic E-state index is 6.42. The first-order valence-electron chi connectivity index (χ1n) is 10.7. The summed E-state index contributed by atoms with van der Waals surface area (Å²) in [7, 11) is 3.23. The van der Waals surface area contributed by atoms with E-state index in [2.05, 4.69) is 22.8 Å². The molecule has 0 bridgehead atoms. The second-order valence-electron chi connectivity index (χ2n) is 7.31. The lowest BCUT2D eigenvalue weighted by atomic mass is 10.1. The molecule has 0 aliphatic carbocycles. The van der Waals surface area contributed by atoms with E-state index in [0.717, 1.165) is 49.6 Å². The Morgan fingerprint density at radius 3 is 1.93 bits per heavy atom. The molecule has 2 aromatic carbocycles. The zero-order valence-electron chi connectivity index (χ0n) is 18.1. The first kappa shape index (κ1) is 24.8. The van der Waals surface area contributed by atoms with Gasteiger partial charge in [0.1, 0.15) is 0 Å². The molecular weight excluding hydrogens is 419 g/mol. The zero-order valence-corrected chi connectivity index (χ0v) is 19.6. The molecule has 0 spiro atoms. The van der Waals surface area contributed by atoms with Crippen LogP contribution in [0.25, 0.3) is 0 Å². The third-order valence-corrected chi connectivity index (χ3v) is 5.76. The third-order valence-electron chi connectivity index (χ3n) is 5.10. The molecule has 4 nitrogen and oxygen atoms in total. The summed E-state index contributed by atoms with van der Waals surface area (Å²) in [5.74, 6) is 1.28. The Kier molecular flexibility index (Phi) is 12.0. The summed E-state index contributed by atoms with van der Waals surface area (Å²) in [5.41, 5.74) is 2.40. The third kappa shape index (κ3) is 8.73. The van der Waals surface area contributed by atoms with Crippen molar-refractivity contribution in [3.8, 4) is 11.5 Å². The van der Waals surface area contributed by atoms with Crippen LogP contribution >= 0.6 is 23.2 Å². The van der Waals surface area contributed by atoms with Crippen LogP contribution in [-0.4, -0.2) is 40.4 Å². The van der Waals surface area contributed by atoms with Crippen LogP contribution in [0.2, 0.25) is 10.0 Å². The van der Waals surface area contributed by atoms with E-state index in [4.69, 9.17) is 32.7 Å². The standard InChI is InChI=1S/C24H34Cl2N2O2/c1-29-22-12-9-20(23(26)24(22)30-2)14-18-28-16-6-4-3-5-15-27-17-13-19-7-10-21(25)11-8-19/h7-12,27-28H,3-6,13-18H2,1-2H3. The fourth-order valence-electron chi connectivity index (χ4n) is 3.33. The largest absolute Gasteiger partial charge is 0.493 e. The fraction of sp³-hybridized carbons (Fsp3) is 0.500. The molecule has 0 radical (unpaired) electrons. The highest BCUT2D eigenvalue weighted by Gasteiger charge is 2.12. The van der Waals surface area contributed by atoms with E-state index in [0.29, 0.717) is 16.5 Å². The van der Waals surface area contributed by atoms with Crippen molar-refractivity contribution < 1.29 is 9.47 Å². The van der Waals surface area contributed by atoms with Crippen molar-refractivity contribution in [2.24, 2.45) is 0 Å². The molecule has 0 aromatic heterocycles. The number of benzene rings is 2. The number of hydrogen-bond acceptors (Lipinski definition) is 4. The van der Waals surface area contributed by atoms with Gasteiger partial charge in [0.05, 0.1) is 19.2 Å². The van der Waals surface area contributed by atoms with Gasteiger partial charge in [0.25, 0.3) is 0 Å². The van der Waals surface area contributed by atoms with E-state index in [1.807, 2.05) is 24.3 Å². The number of unbranched alkanes of at least 4 members (excludes halogenated alkanes) is 3. The first-order valence-corrected chi connectivity index (χ1v) is 11.5. The summed E-state index contributed by atoms with van der Waals surface area (Å²) in [6.45, 7) is 4.04. The minimum Gasteiger partial charge on any atom is -0.493 e. The molecule has 0 saturated carbocycles. The molecule has 0 heterocycles. The number of rotatable bonds is 15. The number of nitrogens with one attached hydrogen (secondary N) is 2. The Bertz CT molecular complexity index is 739. The van der Waals surface area contributed by atoms with E-state index in [1.54, 1.807) is 14.2 Å². The summed E-state index contributed by atoms with van der Waals surface area (Å²) in [4.78, 5) is 0. The Morgan fingerprint density at radius 1 is 0.700 bits per heavy atom. The van der Waals surface area contributed by atoms with Gasteiger partial charge in [0, 0.05) is 5.02 Å². The van der Waals surface area contributed by atoms with E-state index in [9.17, 15) is 0 Å². The molecular formula is C24H34Cl2N2O2. The van der Waals surface area contributed by atoms with Crippen molar-refractivity contribution in [3.05, 3.63) is 57.6 Å². The molecule has 166 valence electrons. The molecule has 0 unspecified atom stereocenters. The summed E-state index contributed by atoms with van der Waals surface area (Å²) >= 11 is 12.3. The summed E-state index contributed by atoms with van der Waals surface area (Å²) in [6, 6.07) is 12.0. The van der Waals surface area contributed by atoms with Crippen LogP contribution in [0.1, 0.15) is 36.8 Å². The van der Waals surface area contributed by atoms with Gasteiger partial charge in [-0.3, -0.25) is 0 Å². The van der Waals surface area contributed by atoms with Gasteiger partial charge in [0.15, 0.2) is 11.5 Å². The van der Waals surface area contributed by atoms with Gasteiger partial charge in [-0.2, -0.15) is 0 Å². The van der Waals surface area contributed by atoms with Crippen LogP contribution in [0, 0.1) is 0 Å². The van der Waals surface area contributed by atoms with E-state index in [-0.39, 0.29) is 0 Å². The number of ether oxygens (including phenoxy) is 2. The van der Waals surface area contributed by atoms with Gasteiger partial charge in [0.2, 0.25) is 0 Å². The number of methoxy groups -OCH3 is 2. The van der Waals surface area contributed by atoms with Crippen molar-refractivity contribution in [2.45, 2.75) is 38.5 Å². The van der Waals surface area contributed by atoms with Crippen LogP contribution in [0.15, 0.2) is 36.4 Å². The lowest BCUT2D eigenvalue weighted by Gasteiger charge is -2.13. The SMILES string of the molecule is COc1ccc(CCNCCCCCCNCCc2ccc(Cl)cc2)c(Cl)c1OC. The highest BCUT2D eigenvalue weighted by molar-refractivity contribution is 6.33. The molecule has 2 rings (SSSR count). The van der Waals surface area contributed by atoms with E-state index < -0.39 is 0 Å². The minimum absolute atomic E-state index is 0.610. The molecule has 2 N–H and O–H groups in total. The summed E-state index contributed by atoms with van der Waals surface area (Å²) < 4.78 is 10.6. The highest BCUT2D eigenvalue weighted by Crippen LogP contribution is 2.37. The maximum atomic E-state index is 6.42. The average Bonchev–Trinajstić information content (AvgIpc) is 2.76. The predicted molar refractivity (Wildman–Crippen MR) is 128 cm³/mol. The smallest absolute Gasteiger partial charge is 0.179 e. The first-order chi connectivity index (χ1) is 14.7. The van der Waals surface area contributed by atoms with Crippen LogP contribution in [0.3, 0.4) is 0 Å². The molecule has 6 heteroatoms. The van der Waals surface area contributed by atoms with Gasteiger partial charge in [-0.05, 0) is 81.2 Å². The Labute approximate surface area is 191 Å². The van der Waals surface area contributed by atoms with Crippen LogP contribution in [0.4, 0.5) is 0 Å². The van der Waals surface area contributed by atoms with Gasteiger partial charge in [-0.15, -0.1) is 0 Å². The lowest BCUT2D eigenvalue weighted by Crippen LogP contribution is -2.19. The molecule has 0 aliphatic heterocycles. The normalized spacial score (nSPS) is 10.9. The van der Waals surface area contributed by atoms with Crippen molar-refractivity contribution >= 4 is 23.2 Å². The van der Waals surface area contributed by atoms with Gasteiger partial charge < -0.3 is 20.1 Å². The summed E-state index contributed by atoms with van der Waals surface area (Å²) in [5, 5.41) is 8.46. The lowest BCUT2D eigenvalue weighted by molar-refractivity contribution is 0.354. The van der Waals surface area contributed by atoms with Crippen molar-refractivity contribution in [1.29, 1.82) is 0 Å². The maximum Gasteiger partial charge on any atom is 0.179 e. The Morgan fingerprint density at radius 2 is 1.33 bits per heavy atom. The van der Waals surface area contributed by atoms with Crippen LogP contribution in [0.5, 0.6) is 11.5 Å². The van der Waals surface area contributed by atoms with Crippen molar-refractivity contribution in [3.63, 3.8) is 0 Å². The van der Waals surface area contributed by atoms with Gasteiger partial charge in [-0.25, -0.2) is 0 Å². The van der Waals surface area contributed by atoms with Gasteiger partial charge in [-0.1, -0.05) is 54.2 Å². The average molecular weight is 453 g/mol. The molecule has 0 amide bonds. The van der Waals surface area contributed by atoms with Gasteiger partial charge >= 0.3 is 0 Å². The van der Waals surface area contributed by atoms with E-state index in [1.165, 1.54) is 31.2 Å².